The van der Waals surface area contributed by atoms with Crippen LogP contribution in [0.3, 0.4) is 0 Å². The van der Waals surface area contributed by atoms with E-state index >= 15 is 0 Å². The minimum absolute atomic E-state index is 0. The summed E-state index contributed by atoms with van der Waals surface area (Å²) in [5.74, 6) is -0.440. The molecular weight excluding hydrogens is 526 g/mol. The number of amides is 3. The van der Waals surface area contributed by atoms with Crippen LogP contribution in [0.15, 0.2) is 42.5 Å². The van der Waals surface area contributed by atoms with E-state index in [1.54, 1.807) is 0 Å². The Hall–Kier alpha value is -3.17. The van der Waals surface area contributed by atoms with Crippen LogP contribution < -0.4 is 23.1 Å². The fraction of sp³-hybridized carbons (Fsp3) is 0.393. The normalized spacial score (nSPS) is 17.5. The quantitative estimate of drug-likeness (QED) is 0.167. The number of esters is 1. The number of rotatable bonds is 11. The van der Waals surface area contributed by atoms with E-state index in [4.69, 9.17) is 10.1 Å². The van der Waals surface area contributed by atoms with Crippen molar-refractivity contribution in [2.24, 2.45) is 0 Å². The van der Waals surface area contributed by atoms with E-state index in [2.05, 4.69) is 5.32 Å². The molecule has 1 saturated heterocycles. The minimum Gasteiger partial charge on any atom is -1.00 e. The van der Waals surface area contributed by atoms with Crippen molar-refractivity contribution < 1.29 is 41.7 Å². The van der Waals surface area contributed by atoms with Gasteiger partial charge < -0.3 is 22.5 Å². The Bertz CT molecular complexity index is 1250. The Morgan fingerprint density at radius 1 is 1.08 bits per heavy atom. The second-order valence-electron chi connectivity index (χ2n) is 9.44. The predicted molar refractivity (Wildman–Crippen MR) is 143 cm³/mol. The van der Waals surface area contributed by atoms with Crippen LogP contribution in [-0.4, -0.2) is 58.5 Å². The van der Waals surface area contributed by atoms with Crippen LogP contribution in [0.1, 0.15) is 56.6 Å². The maximum atomic E-state index is 12.7. The molecule has 0 aromatic heterocycles. The van der Waals surface area contributed by atoms with Gasteiger partial charge in [-0.05, 0) is 46.6 Å². The first-order chi connectivity index (χ1) is 17.7. The molecule has 202 valence electrons. The molecule has 10 heteroatoms. The van der Waals surface area contributed by atoms with Crippen molar-refractivity contribution in [3.63, 3.8) is 0 Å². The fourth-order valence-electron chi connectivity index (χ4n) is 4.80. The van der Waals surface area contributed by atoms with Gasteiger partial charge in [-0.2, -0.15) is 0 Å². The van der Waals surface area contributed by atoms with E-state index < -0.39 is 0 Å². The van der Waals surface area contributed by atoms with Crippen molar-refractivity contribution in [2.45, 2.75) is 50.7 Å². The van der Waals surface area contributed by atoms with Crippen LogP contribution >= 0.6 is 11.8 Å². The molecule has 0 spiro atoms. The highest BCUT2D eigenvalue weighted by Crippen LogP contribution is 2.45. The fourth-order valence-corrected chi connectivity index (χ4v) is 5.93. The van der Waals surface area contributed by atoms with Crippen LogP contribution in [0.4, 0.5) is 5.69 Å². The standard InChI is InChI=1S/C28H31N3O5S.ClH/c1-17(29)6-5-13-37-25-15-27(34)31(28(25)35)12-11-26(33)30-19-9-10-22-20-7-3-4-8-21(20)24(23(22)14-19)16-36-18(2)32;/h3-4,7-10,14,24-25,29H,5-6,11-13,15-16H2,1-2H3,(H,30,33);1H. The summed E-state index contributed by atoms with van der Waals surface area (Å²) in [6.07, 6.45) is 1.85. The first-order valence-electron chi connectivity index (χ1n) is 12.4. The largest absolute Gasteiger partial charge is 1.00 e. The number of carbonyl (C=O) groups excluding carboxylic acids is 4. The molecule has 1 heterocycles. The summed E-state index contributed by atoms with van der Waals surface area (Å²) >= 11 is 1.48. The Balaban J connectivity index is 0.00000400. The Morgan fingerprint density at radius 3 is 2.55 bits per heavy atom. The molecule has 1 aliphatic heterocycles. The number of imide groups is 1. The molecule has 0 bridgehead atoms. The van der Waals surface area contributed by atoms with Gasteiger partial charge in [0.15, 0.2) is 0 Å². The number of anilines is 1. The highest BCUT2D eigenvalue weighted by Gasteiger charge is 2.38. The van der Waals surface area contributed by atoms with Gasteiger partial charge in [-0.1, -0.05) is 30.3 Å². The number of ether oxygens (including phenoxy) is 1. The first-order valence-corrected chi connectivity index (χ1v) is 13.5. The zero-order valence-electron chi connectivity index (χ0n) is 21.5. The Labute approximate surface area is 232 Å². The maximum Gasteiger partial charge on any atom is 0.302 e. The number of halogens is 1. The van der Waals surface area contributed by atoms with Gasteiger partial charge in [0, 0.05) is 51.3 Å². The summed E-state index contributed by atoms with van der Waals surface area (Å²) in [6, 6.07) is 13.7. The summed E-state index contributed by atoms with van der Waals surface area (Å²) in [6.45, 7) is 3.53. The molecule has 8 nitrogen and oxygen atoms in total. The van der Waals surface area contributed by atoms with Crippen molar-refractivity contribution >= 4 is 46.9 Å². The van der Waals surface area contributed by atoms with E-state index in [-0.39, 0.29) is 73.3 Å². The summed E-state index contributed by atoms with van der Waals surface area (Å²) in [4.78, 5) is 50.4. The minimum atomic E-state index is -0.388. The molecule has 1 aliphatic carbocycles. The third kappa shape index (κ3) is 6.82. The molecule has 2 aromatic rings. The molecule has 2 atom stereocenters. The molecule has 38 heavy (non-hydrogen) atoms. The summed E-state index contributed by atoms with van der Waals surface area (Å²) < 4.78 is 5.32. The molecule has 2 aliphatic rings. The molecule has 3 amide bonds. The van der Waals surface area contributed by atoms with Crippen LogP contribution in [0.5, 0.6) is 0 Å². The van der Waals surface area contributed by atoms with Crippen LogP contribution in [-0.2, 0) is 23.9 Å². The highest BCUT2D eigenvalue weighted by atomic mass is 35.5. The maximum absolute atomic E-state index is 12.7. The average Bonchev–Trinajstić information content (AvgIpc) is 3.31. The van der Waals surface area contributed by atoms with E-state index in [9.17, 15) is 19.2 Å². The van der Waals surface area contributed by atoms with Gasteiger partial charge in [0.25, 0.3) is 0 Å². The topological polar surface area (TPSA) is 118 Å². The second-order valence-corrected chi connectivity index (χ2v) is 10.8. The van der Waals surface area contributed by atoms with Crippen LogP contribution in [0, 0.1) is 0 Å². The van der Waals surface area contributed by atoms with Gasteiger partial charge in [-0.3, -0.25) is 29.5 Å². The number of likely N-dealkylation sites (tertiary alicyclic amines) is 1. The summed E-state index contributed by atoms with van der Waals surface area (Å²) in [5, 5.41) is 8.18. The van der Waals surface area contributed by atoms with Crippen molar-refractivity contribution in [1.29, 1.82) is 0 Å². The number of nitrogens with zero attached hydrogens (tertiary/aromatic N) is 1. The number of nitrogens with two attached hydrogens (primary N) is 1. The zero-order valence-corrected chi connectivity index (χ0v) is 23.1. The van der Waals surface area contributed by atoms with E-state index in [1.165, 1.54) is 23.6 Å². The third-order valence-corrected chi connectivity index (χ3v) is 7.88. The molecule has 2 aromatic carbocycles. The Morgan fingerprint density at radius 2 is 1.82 bits per heavy atom. The lowest BCUT2D eigenvalue weighted by atomic mass is 9.97. The molecule has 4 rings (SSSR count). The lowest BCUT2D eigenvalue weighted by Gasteiger charge is -2.16. The number of carbonyl (C=O) groups is 4. The number of hydrogen-bond acceptors (Lipinski definition) is 6. The average molecular weight is 558 g/mol. The number of benzene rings is 2. The smallest absolute Gasteiger partial charge is 0.302 e. The molecule has 0 saturated carbocycles. The SMILES string of the molecule is CC(=[NH2+])CCCSC1CC(=O)N(CCC(=O)Nc2ccc3c(c2)C(COC(C)=O)c2ccccc2-3)C1=O.[Cl-]. The predicted octanol–water partition coefficient (Wildman–Crippen LogP) is -0.444. The van der Waals surface area contributed by atoms with Crippen molar-refractivity contribution in [3.05, 3.63) is 53.6 Å². The van der Waals surface area contributed by atoms with Gasteiger partial charge in [0.2, 0.25) is 17.7 Å². The van der Waals surface area contributed by atoms with Crippen LogP contribution in [0.2, 0.25) is 0 Å². The highest BCUT2D eigenvalue weighted by molar-refractivity contribution is 8.00. The van der Waals surface area contributed by atoms with Gasteiger partial charge in [0.1, 0.15) is 12.3 Å². The molecule has 1 fully saturated rings. The third-order valence-electron chi connectivity index (χ3n) is 6.59. The van der Waals surface area contributed by atoms with Crippen LogP contribution in [0.25, 0.3) is 11.1 Å². The lowest BCUT2D eigenvalue weighted by molar-refractivity contribution is -0.141. The van der Waals surface area contributed by atoms with Gasteiger partial charge in [0.05, 0.1) is 5.25 Å². The molecule has 0 radical (unpaired) electrons. The van der Waals surface area contributed by atoms with Gasteiger partial charge >= 0.3 is 5.97 Å². The van der Waals surface area contributed by atoms with E-state index in [1.807, 2.05) is 49.4 Å². The number of hydrogen-bond donors (Lipinski definition) is 2. The number of fused-ring (bicyclic) bond motifs is 3. The van der Waals surface area contributed by atoms with Crippen molar-refractivity contribution in [1.82, 2.24) is 4.90 Å². The number of thioether (sulfide) groups is 1. The van der Waals surface area contributed by atoms with Gasteiger partial charge in [-0.15, -0.1) is 11.8 Å². The van der Waals surface area contributed by atoms with E-state index in [0.717, 1.165) is 46.6 Å². The van der Waals surface area contributed by atoms with Gasteiger partial charge in [-0.25, -0.2) is 0 Å². The zero-order chi connectivity index (χ0) is 26.5. The van der Waals surface area contributed by atoms with E-state index in [0.29, 0.717) is 5.69 Å². The first kappa shape index (κ1) is 29.4. The summed E-state index contributed by atoms with van der Waals surface area (Å²) in [7, 11) is 0. The van der Waals surface area contributed by atoms with Crippen molar-refractivity contribution in [3.8, 4) is 11.1 Å². The lowest BCUT2D eigenvalue weighted by Crippen LogP contribution is -3.00. The molecule has 2 unspecified atom stereocenters. The monoisotopic (exact) mass is 557 g/mol. The second kappa shape index (κ2) is 13.1. The number of nitrogens with one attached hydrogen (secondary N) is 1. The summed E-state index contributed by atoms with van der Waals surface area (Å²) in [5.41, 5.74) is 5.66. The molecule has 3 N–H and O–H groups in total. The molecular formula is C28H32ClN3O5S. The van der Waals surface area contributed by atoms with Crippen molar-refractivity contribution in [2.75, 3.05) is 24.2 Å². The Kier molecular flexibility index (Phi) is 10.1.